The molecule has 1 unspecified atom stereocenters. The average Bonchev–Trinajstić information content (AvgIpc) is 2.76. The number of rotatable bonds is 3. The zero-order valence-corrected chi connectivity index (χ0v) is 15.1. The summed E-state index contributed by atoms with van der Waals surface area (Å²) in [6.07, 6.45) is 2.24. The van der Waals surface area contributed by atoms with Crippen molar-refractivity contribution in [3.8, 4) is 0 Å². The molecule has 0 aliphatic carbocycles. The van der Waals surface area contributed by atoms with E-state index in [9.17, 15) is 0 Å². The molecule has 1 aliphatic heterocycles. The van der Waals surface area contributed by atoms with Gasteiger partial charge in [0.1, 0.15) is 9.53 Å². The van der Waals surface area contributed by atoms with Crippen LogP contribution in [0.5, 0.6) is 0 Å². The third-order valence-corrected chi connectivity index (χ3v) is 5.30. The van der Waals surface area contributed by atoms with Crippen molar-refractivity contribution >= 4 is 22.6 Å². The monoisotopic (exact) mass is 395 g/mol. The standard InChI is InChI=1S/C17H22IN3/c1-11-4-5-14(10-12(11)2)6-7-15-16-17(18)20-13(3)21(16)9-8-19-15/h4-5,10,15,19H,6-9H2,1-3H3. The van der Waals surface area contributed by atoms with Crippen LogP contribution in [0.15, 0.2) is 18.2 Å². The molecule has 4 heteroatoms. The van der Waals surface area contributed by atoms with Crippen molar-refractivity contribution in [2.45, 2.75) is 46.2 Å². The van der Waals surface area contributed by atoms with E-state index in [0.29, 0.717) is 6.04 Å². The fourth-order valence-electron chi connectivity index (χ4n) is 3.12. The number of aryl methyl sites for hydroxylation is 4. The van der Waals surface area contributed by atoms with Crippen molar-refractivity contribution in [1.82, 2.24) is 14.9 Å². The molecule has 0 bridgehead atoms. The molecule has 0 fully saturated rings. The summed E-state index contributed by atoms with van der Waals surface area (Å²) in [7, 11) is 0. The Morgan fingerprint density at radius 1 is 1.29 bits per heavy atom. The van der Waals surface area contributed by atoms with E-state index in [-0.39, 0.29) is 0 Å². The molecule has 1 aliphatic rings. The molecule has 0 amide bonds. The minimum atomic E-state index is 0.424. The third-order valence-electron chi connectivity index (χ3n) is 4.50. The molecule has 112 valence electrons. The molecular weight excluding hydrogens is 373 g/mol. The lowest BCUT2D eigenvalue weighted by molar-refractivity contribution is 0.401. The van der Waals surface area contributed by atoms with Gasteiger partial charge in [0.25, 0.3) is 0 Å². The fourth-order valence-corrected chi connectivity index (χ4v) is 4.13. The highest BCUT2D eigenvalue weighted by Gasteiger charge is 2.25. The summed E-state index contributed by atoms with van der Waals surface area (Å²) in [5.74, 6) is 1.15. The molecule has 2 aromatic rings. The van der Waals surface area contributed by atoms with Gasteiger partial charge in [-0.1, -0.05) is 18.2 Å². The minimum Gasteiger partial charge on any atom is -0.329 e. The molecular formula is C17H22IN3. The van der Waals surface area contributed by atoms with Gasteiger partial charge in [-0.05, 0) is 72.9 Å². The number of hydrogen-bond donors (Lipinski definition) is 1. The quantitative estimate of drug-likeness (QED) is 0.804. The first kappa shape index (κ1) is 15.0. The van der Waals surface area contributed by atoms with Gasteiger partial charge in [-0.15, -0.1) is 0 Å². The Balaban J connectivity index is 1.76. The maximum absolute atomic E-state index is 4.63. The first-order chi connectivity index (χ1) is 10.1. The molecule has 1 aromatic heterocycles. The van der Waals surface area contributed by atoms with Gasteiger partial charge in [-0.3, -0.25) is 0 Å². The Labute approximate surface area is 140 Å². The summed E-state index contributed by atoms with van der Waals surface area (Å²) in [6.45, 7) is 8.55. The topological polar surface area (TPSA) is 29.9 Å². The number of fused-ring (bicyclic) bond motifs is 1. The van der Waals surface area contributed by atoms with Gasteiger partial charge in [0.15, 0.2) is 0 Å². The number of imidazole rings is 1. The molecule has 3 nitrogen and oxygen atoms in total. The first-order valence-corrected chi connectivity index (χ1v) is 8.66. The highest BCUT2D eigenvalue weighted by atomic mass is 127. The highest BCUT2D eigenvalue weighted by molar-refractivity contribution is 14.1. The van der Waals surface area contributed by atoms with E-state index in [4.69, 9.17) is 0 Å². The highest BCUT2D eigenvalue weighted by Crippen LogP contribution is 2.28. The second-order valence-electron chi connectivity index (χ2n) is 5.95. The smallest absolute Gasteiger partial charge is 0.124 e. The van der Waals surface area contributed by atoms with Crippen LogP contribution in [0.3, 0.4) is 0 Å². The van der Waals surface area contributed by atoms with Crippen LogP contribution in [0.2, 0.25) is 0 Å². The lowest BCUT2D eigenvalue weighted by atomic mass is 9.99. The van der Waals surface area contributed by atoms with E-state index >= 15 is 0 Å². The lowest BCUT2D eigenvalue weighted by Gasteiger charge is -2.27. The molecule has 0 saturated carbocycles. The molecule has 0 saturated heterocycles. The van der Waals surface area contributed by atoms with Crippen LogP contribution in [0.4, 0.5) is 0 Å². The number of nitrogens with one attached hydrogen (secondary N) is 1. The number of benzene rings is 1. The Kier molecular flexibility index (Phi) is 4.36. The summed E-state index contributed by atoms with van der Waals surface area (Å²) in [6, 6.07) is 7.25. The van der Waals surface area contributed by atoms with E-state index in [1.54, 1.807) is 0 Å². The summed E-state index contributed by atoms with van der Waals surface area (Å²) in [5.41, 5.74) is 5.57. The molecule has 21 heavy (non-hydrogen) atoms. The Bertz CT molecular complexity index is 660. The first-order valence-electron chi connectivity index (χ1n) is 7.58. The van der Waals surface area contributed by atoms with E-state index in [2.05, 4.69) is 76.4 Å². The van der Waals surface area contributed by atoms with Gasteiger partial charge < -0.3 is 9.88 Å². The van der Waals surface area contributed by atoms with E-state index in [0.717, 1.165) is 35.5 Å². The minimum absolute atomic E-state index is 0.424. The lowest BCUT2D eigenvalue weighted by Crippen LogP contribution is -2.34. The van der Waals surface area contributed by atoms with Gasteiger partial charge in [0.05, 0.1) is 11.7 Å². The summed E-state index contributed by atoms with van der Waals surface area (Å²) in [5, 5.41) is 3.66. The van der Waals surface area contributed by atoms with Crippen molar-refractivity contribution in [3.63, 3.8) is 0 Å². The normalized spacial score (nSPS) is 17.8. The van der Waals surface area contributed by atoms with E-state index in [1.807, 2.05) is 0 Å². The Morgan fingerprint density at radius 2 is 2.10 bits per heavy atom. The van der Waals surface area contributed by atoms with Crippen molar-refractivity contribution in [1.29, 1.82) is 0 Å². The second kappa shape index (κ2) is 6.08. The SMILES string of the molecule is Cc1ccc(CCC2NCCn3c(C)nc(I)c32)cc1C. The van der Waals surface area contributed by atoms with E-state index < -0.39 is 0 Å². The molecule has 0 radical (unpaired) electrons. The van der Waals surface area contributed by atoms with Gasteiger partial charge in [-0.2, -0.15) is 0 Å². The third kappa shape index (κ3) is 3.01. The Hall–Kier alpha value is -0.880. The van der Waals surface area contributed by atoms with Crippen LogP contribution in [0, 0.1) is 24.5 Å². The van der Waals surface area contributed by atoms with Crippen molar-refractivity contribution < 1.29 is 0 Å². The molecule has 2 heterocycles. The van der Waals surface area contributed by atoms with Crippen LogP contribution in [-0.4, -0.2) is 16.1 Å². The van der Waals surface area contributed by atoms with Crippen LogP contribution in [-0.2, 0) is 13.0 Å². The zero-order chi connectivity index (χ0) is 15.0. The van der Waals surface area contributed by atoms with Gasteiger partial charge in [0.2, 0.25) is 0 Å². The maximum atomic E-state index is 4.63. The summed E-state index contributed by atoms with van der Waals surface area (Å²) in [4.78, 5) is 4.63. The molecule has 1 atom stereocenters. The maximum Gasteiger partial charge on any atom is 0.124 e. The van der Waals surface area contributed by atoms with Gasteiger partial charge in [-0.25, -0.2) is 4.98 Å². The second-order valence-corrected chi connectivity index (χ2v) is 6.97. The molecule has 3 rings (SSSR count). The Morgan fingerprint density at radius 3 is 2.86 bits per heavy atom. The van der Waals surface area contributed by atoms with Crippen LogP contribution in [0.1, 0.15) is 40.7 Å². The summed E-state index contributed by atoms with van der Waals surface area (Å²) < 4.78 is 3.53. The zero-order valence-electron chi connectivity index (χ0n) is 12.9. The largest absolute Gasteiger partial charge is 0.329 e. The average molecular weight is 395 g/mol. The van der Waals surface area contributed by atoms with Gasteiger partial charge >= 0.3 is 0 Å². The van der Waals surface area contributed by atoms with E-state index in [1.165, 1.54) is 22.4 Å². The molecule has 0 spiro atoms. The number of aromatic nitrogens is 2. The number of hydrogen-bond acceptors (Lipinski definition) is 2. The van der Waals surface area contributed by atoms with Crippen molar-refractivity contribution in [2.75, 3.05) is 6.54 Å². The molecule has 1 N–H and O–H groups in total. The predicted molar refractivity (Wildman–Crippen MR) is 94.7 cm³/mol. The predicted octanol–water partition coefficient (Wildman–Crippen LogP) is 3.69. The summed E-state index contributed by atoms with van der Waals surface area (Å²) >= 11 is 2.37. The van der Waals surface area contributed by atoms with Crippen LogP contribution < -0.4 is 5.32 Å². The number of nitrogens with zero attached hydrogens (tertiary/aromatic N) is 2. The fraction of sp³-hybridized carbons (Fsp3) is 0.471. The number of halogens is 1. The van der Waals surface area contributed by atoms with Crippen molar-refractivity contribution in [2.24, 2.45) is 0 Å². The van der Waals surface area contributed by atoms with Crippen molar-refractivity contribution in [3.05, 3.63) is 50.1 Å². The van der Waals surface area contributed by atoms with Crippen LogP contribution in [0.25, 0.3) is 0 Å². The van der Waals surface area contributed by atoms with Crippen LogP contribution >= 0.6 is 22.6 Å². The molecule has 1 aromatic carbocycles. The van der Waals surface area contributed by atoms with Gasteiger partial charge in [0, 0.05) is 13.1 Å².